The minimum absolute atomic E-state index is 0.430. The first-order chi connectivity index (χ1) is 7.81. The molecule has 0 aromatic carbocycles. The lowest BCUT2D eigenvalue weighted by molar-refractivity contribution is -0.846. The standard InChI is InChI=1S/C14H31NO/c1-3-5-6-7-8-9-10-11-12-13-14-15(16)4-2/h15H,3-14H2,1-2H3. The second-order valence-corrected chi connectivity index (χ2v) is 4.82. The molecule has 16 heavy (non-hydrogen) atoms. The van der Waals surface area contributed by atoms with E-state index < -0.39 is 0 Å². The van der Waals surface area contributed by atoms with Crippen LogP contribution in [0, 0.1) is 5.21 Å². The van der Waals surface area contributed by atoms with Gasteiger partial charge < -0.3 is 10.3 Å². The first kappa shape index (κ1) is 15.9. The minimum atomic E-state index is 0.430. The molecule has 0 fully saturated rings. The molecule has 0 aliphatic heterocycles. The Morgan fingerprint density at radius 2 is 1.12 bits per heavy atom. The Kier molecular flexibility index (Phi) is 12.9. The predicted molar refractivity (Wildman–Crippen MR) is 71.6 cm³/mol. The molecule has 1 unspecified atom stereocenters. The molecule has 0 aromatic rings. The summed E-state index contributed by atoms with van der Waals surface area (Å²) in [6.45, 7) is 5.75. The van der Waals surface area contributed by atoms with E-state index in [-0.39, 0.29) is 0 Å². The average molecular weight is 229 g/mol. The zero-order valence-electron chi connectivity index (χ0n) is 11.4. The molecule has 0 aliphatic carbocycles. The monoisotopic (exact) mass is 229 g/mol. The van der Waals surface area contributed by atoms with E-state index in [1.54, 1.807) is 0 Å². The van der Waals surface area contributed by atoms with Crippen LogP contribution in [0.5, 0.6) is 0 Å². The lowest BCUT2D eigenvalue weighted by Gasteiger charge is -2.19. The van der Waals surface area contributed by atoms with E-state index in [1.807, 2.05) is 6.92 Å². The molecule has 2 nitrogen and oxygen atoms in total. The third-order valence-corrected chi connectivity index (χ3v) is 3.20. The summed E-state index contributed by atoms with van der Waals surface area (Å²) in [6.07, 6.45) is 13.4. The van der Waals surface area contributed by atoms with Gasteiger partial charge in [-0.25, -0.2) is 0 Å². The topological polar surface area (TPSA) is 27.5 Å². The highest BCUT2D eigenvalue weighted by Gasteiger charge is 1.95. The van der Waals surface area contributed by atoms with Gasteiger partial charge in [0.1, 0.15) is 0 Å². The SMILES string of the molecule is CCCCCCCCCCCC[NH+]([O-])CC. The lowest BCUT2D eigenvalue weighted by atomic mass is 10.1. The van der Waals surface area contributed by atoms with Crippen molar-refractivity contribution in [1.29, 1.82) is 0 Å². The van der Waals surface area contributed by atoms with Gasteiger partial charge >= 0.3 is 0 Å². The van der Waals surface area contributed by atoms with Crippen LogP contribution >= 0.6 is 0 Å². The van der Waals surface area contributed by atoms with Crippen LogP contribution in [0.3, 0.4) is 0 Å². The van der Waals surface area contributed by atoms with E-state index in [2.05, 4.69) is 6.92 Å². The van der Waals surface area contributed by atoms with Crippen LogP contribution in [0.25, 0.3) is 0 Å². The summed E-state index contributed by atoms with van der Waals surface area (Å²) in [5.41, 5.74) is 0. The van der Waals surface area contributed by atoms with Crippen LogP contribution in [0.1, 0.15) is 78.1 Å². The molecule has 0 rings (SSSR count). The molecule has 0 bridgehead atoms. The van der Waals surface area contributed by atoms with Crippen LogP contribution in [0.4, 0.5) is 0 Å². The second kappa shape index (κ2) is 13.0. The highest BCUT2D eigenvalue weighted by atomic mass is 16.5. The molecule has 0 aromatic heterocycles. The van der Waals surface area contributed by atoms with Gasteiger partial charge in [0, 0.05) is 0 Å². The van der Waals surface area contributed by atoms with Crippen molar-refractivity contribution in [2.45, 2.75) is 78.1 Å². The highest BCUT2D eigenvalue weighted by Crippen LogP contribution is 2.09. The summed E-state index contributed by atoms with van der Waals surface area (Å²) >= 11 is 0. The van der Waals surface area contributed by atoms with Crippen LogP contribution in [0.2, 0.25) is 0 Å². The summed E-state index contributed by atoms with van der Waals surface area (Å²) in [4.78, 5) is 0. The molecular weight excluding hydrogens is 198 g/mol. The highest BCUT2D eigenvalue weighted by molar-refractivity contribution is 4.47. The fourth-order valence-corrected chi connectivity index (χ4v) is 1.99. The van der Waals surface area contributed by atoms with Crippen molar-refractivity contribution in [2.24, 2.45) is 0 Å². The fraction of sp³-hybridized carbons (Fsp3) is 1.00. The van der Waals surface area contributed by atoms with Gasteiger partial charge in [-0.1, -0.05) is 58.3 Å². The number of rotatable bonds is 12. The van der Waals surface area contributed by atoms with E-state index >= 15 is 0 Å². The molecule has 0 saturated carbocycles. The predicted octanol–water partition coefficient (Wildman–Crippen LogP) is 3.31. The van der Waals surface area contributed by atoms with Crippen LogP contribution < -0.4 is 5.06 Å². The molecule has 0 spiro atoms. The van der Waals surface area contributed by atoms with E-state index in [1.165, 1.54) is 57.8 Å². The average Bonchev–Trinajstić information content (AvgIpc) is 2.31. The van der Waals surface area contributed by atoms with E-state index in [0.717, 1.165) is 19.5 Å². The maximum atomic E-state index is 11.0. The molecule has 1 N–H and O–H groups in total. The van der Waals surface area contributed by atoms with E-state index in [0.29, 0.717) is 5.06 Å². The molecule has 0 saturated heterocycles. The normalized spacial score (nSPS) is 12.9. The van der Waals surface area contributed by atoms with Gasteiger partial charge in [-0.05, 0) is 19.8 Å². The van der Waals surface area contributed by atoms with Crippen LogP contribution in [-0.4, -0.2) is 13.1 Å². The Hall–Kier alpha value is -0.0800. The molecule has 0 radical (unpaired) electrons. The van der Waals surface area contributed by atoms with Crippen molar-refractivity contribution in [3.05, 3.63) is 5.21 Å². The molecule has 0 heterocycles. The van der Waals surface area contributed by atoms with Gasteiger partial charge in [-0.15, -0.1) is 0 Å². The quantitative estimate of drug-likeness (QED) is 0.403. The zero-order chi connectivity index (χ0) is 12.1. The van der Waals surface area contributed by atoms with Crippen molar-refractivity contribution in [1.82, 2.24) is 0 Å². The Bertz CT molecular complexity index is 128. The molecular formula is C14H31NO. The first-order valence-corrected chi connectivity index (χ1v) is 7.33. The Morgan fingerprint density at radius 3 is 1.56 bits per heavy atom. The molecule has 1 atom stereocenters. The molecule has 2 heteroatoms. The summed E-state index contributed by atoms with van der Waals surface area (Å²) in [6, 6.07) is 0. The number of unbranched alkanes of at least 4 members (excludes halogenated alkanes) is 9. The van der Waals surface area contributed by atoms with Crippen LogP contribution in [0.15, 0.2) is 0 Å². The minimum Gasteiger partial charge on any atom is -0.634 e. The van der Waals surface area contributed by atoms with E-state index in [4.69, 9.17) is 0 Å². The largest absolute Gasteiger partial charge is 0.634 e. The third kappa shape index (κ3) is 12.0. The lowest BCUT2D eigenvalue weighted by Crippen LogP contribution is -3.06. The van der Waals surface area contributed by atoms with Crippen molar-refractivity contribution in [3.63, 3.8) is 0 Å². The smallest absolute Gasteiger partial charge is 0.0768 e. The van der Waals surface area contributed by atoms with Crippen molar-refractivity contribution in [3.8, 4) is 0 Å². The Labute approximate surface area is 102 Å². The summed E-state index contributed by atoms with van der Waals surface area (Å²) in [5.74, 6) is 0. The van der Waals surface area contributed by atoms with Gasteiger partial charge in [0.2, 0.25) is 0 Å². The summed E-state index contributed by atoms with van der Waals surface area (Å²) in [5, 5.41) is 11.5. The molecule has 98 valence electrons. The number of hydroxylamine groups is 2. The van der Waals surface area contributed by atoms with Gasteiger partial charge in [-0.3, -0.25) is 0 Å². The summed E-state index contributed by atoms with van der Waals surface area (Å²) in [7, 11) is 0. The molecule has 0 aliphatic rings. The van der Waals surface area contributed by atoms with Gasteiger partial charge in [0.25, 0.3) is 0 Å². The van der Waals surface area contributed by atoms with Gasteiger partial charge in [0.15, 0.2) is 0 Å². The first-order valence-electron chi connectivity index (χ1n) is 7.33. The summed E-state index contributed by atoms with van der Waals surface area (Å²) < 4.78 is 0. The van der Waals surface area contributed by atoms with Gasteiger partial charge in [-0.2, -0.15) is 0 Å². The Balaban J connectivity index is 2.93. The third-order valence-electron chi connectivity index (χ3n) is 3.20. The molecule has 0 amide bonds. The fourth-order valence-electron chi connectivity index (χ4n) is 1.99. The van der Waals surface area contributed by atoms with Crippen LogP contribution in [-0.2, 0) is 0 Å². The van der Waals surface area contributed by atoms with Gasteiger partial charge in [0.05, 0.1) is 13.1 Å². The number of nitrogens with one attached hydrogen (secondary N) is 1. The van der Waals surface area contributed by atoms with Crippen molar-refractivity contribution >= 4 is 0 Å². The zero-order valence-corrected chi connectivity index (χ0v) is 11.4. The number of hydrogen-bond acceptors (Lipinski definition) is 1. The maximum Gasteiger partial charge on any atom is 0.0768 e. The number of hydrogen-bond donors (Lipinski definition) is 1. The van der Waals surface area contributed by atoms with Crippen molar-refractivity contribution < 1.29 is 5.06 Å². The second-order valence-electron chi connectivity index (χ2n) is 4.82. The van der Waals surface area contributed by atoms with E-state index in [9.17, 15) is 5.21 Å². The number of quaternary nitrogens is 1. The maximum absolute atomic E-state index is 11.0. The Morgan fingerprint density at radius 1 is 0.688 bits per heavy atom. The van der Waals surface area contributed by atoms with Crippen molar-refractivity contribution in [2.75, 3.05) is 13.1 Å².